The number of alkyl halides is 2. The predicted octanol–water partition coefficient (Wildman–Crippen LogP) is 1.78. The first-order chi connectivity index (χ1) is 6.02. The van der Waals surface area contributed by atoms with Gasteiger partial charge in [-0.3, -0.25) is 4.79 Å². The van der Waals surface area contributed by atoms with Crippen molar-refractivity contribution in [3.63, 3.8) is 0 Å². The predicted molar refractivity (Wildman–Crippen MR) is 52.1 cm³/mol. The lowest BCUT2D eigenvalue weighted by Gasteiger charge is -2.13. The Morgan fingerprint density at radius 1 is 1.46 bits per heavy atom. The summed E-state index contributed by atoms with van der Waals surface area (Å²) < 4.78 is 11.2. The molecule has 0 saturated carbocycles. The molecule has 2 nitrogen and oxygen atoms in total. The first-order valence-corrected chi connectivity index (χ1v) is 4.53. The van der Waals surface area contributed by atoms with E-state index in [0.717, 1.165) is 5.56 Å². The van der Waals surface area contributed by atoms with E-state index in [1.54, 1.807) is 24.3 Å². The summed E-state index contributed by atoms with van der Waals surface area (Å²) in [5.74, 6) is -1.00. The normalized spacial score (nSPS) is 14.9. The van der Waals surface area contributed by atoms with E-state index in [4.69, 9.17) is 5.73 Å². The van der Waals surface area contributed by atoms with Crippen LogP contribution in [0.3, 0.4) is 0 Å². The van der Waals surface area contributed by atoms with Crippen molar-refractivity contribution in [2.24, 2.45) is 5.73 Å². The molecule has 0 fully saturated rings. The van der Waals surface area contributed by atoms with Crippen molar-refractivity contribution in [3.05, 3.63) is 35.9 Å². The van der Waals surface area contributed by atoms with Crippen LogP contribution in [0.2, 0.25) is 0 Å². The summed E-state index contributed by atoms with van der Waals surface area (Å²) in [6, 6.07) is 8.85. The smallest absolute Gasteiger partial charge is 0.266 e. The molecule has 13 heavy (non-hydrogen) atoms. The van der Waals surface area contributed by atoms with Crippen molar-refractivity contribution in [1.29, 1.82) is 0 Å². The third-order valence-electron chi connectivity index (χ3n) is 1.63. The summed E-state index contributed by atoms with van der Waals surface area (Å²) >= 11 is 2.64. The van der Waals surface area contributed by atoms with Crippen molar-refractivity contribution in [1.82, 2.24) is 0 Å². The standard InChI is InChI=1S/C9H9BrFNO/c10-9(11,8(12)13)6-7-4-2-1-3-5-7/h1-5H,6H2,(H2,12,13). The second-order valence-corrected chi connectivity index (χ2v) is 3.99. The Balaban J connectivity index is 2.75. The van der Waals surface area contributed by atoms with Crippen LogP contribution in [-0.2, 0) is 11.2 Å². The van der Waals surface area contributed by atoms with Gasteiger partial charge in [0.25, 0.3) is 5.91 Å². The van der Waals surface area contributed by atoms with Crippen LogP contribution in [0.1, 0.15) is 5.56 Å². The average molecular weight is 246 g/mol. The highest BCUT2D eigenvalue weighted by atomic mass is 79.9. The van der Waals surface area contributed by atoms with Crippen LogP contribution < -0.4 is 5.73 Å². The van der Waals surface area contributed by atoms with Gasteiger partial charge in [-0.1, -0.05) is 30.3 Å². The minimum absolute atomic E-state index is 0.0524. The van der Waals surface area contributed by atoms with E-state index in [-0.39, 0.29) is 6.42 Å². The van der Waals surface area contributed by atoms with Crippen LogP contribution in [0.4, 0.5) is 4.39 Å². The number of carbonyl (C=O) groups excluding carboxylic acids is 1. The van der Waals surface area contributed by atoms with E-state index in [2.05, 4.69) is 15.9 Å². The molecule has 0 saturated heterocycles. The fourth-order valence-corrected chi connectivity index (χ4v) is 1.26. The zero-order chi connectivity index (χ0) is 9.90. The van der Waals surface area contributed by atoms with Gasteiger partial charge in [0, 0.05) is 6.42 Å². The van der Waals surface area contributed by atoms with E-state index < -0.39 is 10.5 Å². The van der Waals surface area contributed by atoms with E-state index in [1.165, 1.54) is 0 Å². The molecular weight excluding hydrogens is 237 g/mol. The quantitative estimate of drug-likeness (QED) is 0.811. The third-order valence-corrected chi connectivity index (χ3v) is 2.30. The number of nitrogens with two attached hydrogens (primary N) is 1. The SMILES string of the molecule is NC(=O)C(F)(Br)Cc1ccccc1. The zero-order valence-corrected chi connectivity index (χ0v) is 8.42. The Kier molecular flexibility index (Phi) is 3.03. The Morgan fingerprint density at radius 2 is 2.00 bits per heavy atom. The Hall–Kier alpha value is -0.900. The van der Waals surface area contributed by atoms with Gasteiger partial charge in [0.05, 0.1) is 0 Å². The van der Waals surface area contributed by atoms with E-state index >= 15 is 0 Å². The molecule has 70 valence electrons. The highest BCUT2D eigenvalue weighted by molar-refractivity contribution is 9.10. The Bertz CT molecular complexity index is 300. The number of primary amides is 1. The molecule has 0 radical (unpaired) electrons. The summed E-state index contributed by atoms with van der Waals surface area (Å²) in [5, 5.41) is 0. The van der Waals surface area contributed by atoms with Crippen molar-refractivity contribution < 1.29 is 9.18 Å². The van der Waals surface area contributed by atoms with Gasteiger partial charge in [0.1, 0.15) is 0 Å². The highest BCUT2D eigenvalue weighted by Gasteiger charge is 2.33. The largest absolute Gasteiger partial charge is 0.366 e. The van der Waals surface area contributed by atoms with Crippen molar-refractivity contribution in [2.75, 3.05) is 0 Å². The highest BCUT2D eigenvalue weighted by Crippen LogP contribution is 2.24. The second-order valence-electron chi connectivity index (χ2n) is 2.73. The molecule has 1 unspecified atom stereocenters. The van der Waals surface area contributed by atoms with Gasteiger partial charge in [-0.05, 0) is 21.5 Å². The number of carbonyl (C=O) groups is 1. The van der Waals surface area contributed by atoms with E-state index in [0.29, 0.717) is 0 Å². The lowest BCUT2D eigenvalue weighted by Crippen LogP contribution is -2.35. The molecule has 0 aromatic heterocycles. The first-order valence-electron chi connectivity index (χ1n) is 3.74. The number of benzene rings is 1. The van der Waals surface area contributed by atoms with Crippen LogP contribution in [-0.4, -0.2) is 10.5 Å². The molecular formula is C9H9BrFNO. The Morgan fingerprint density at radius 3 is 2.46 bits per heavy atom. The van der Waals surface area contributed by atoms with Gasteiger partial charge in [-0.15, -0.1) is 0 Å². The molecule has 2 N–H and O–H groups in total. The van der Waals surface area contributed by atoms with Crippen LogP contribution >= 0.6 is 15.9 Å². The van der Waals surface area contributed by atoms with E-state index in [9.17, 15) is 9.18 Å². The molecule has 1 amide bonds. The lowest BCUT2D eigenvalue weighted by atomic mass is 10.1. The molecule has 4 heteroatoms. The molecule has 0 bridgehead atoms. The zero-order valence-electron chi connectivity index (χ0n) is 6.84. The fourth-order valence-electron chi connectivity index (χ4n) is 0.939. The van der Waals surface area contributed by atoms with Gasteiger partial charge >= 0.3 is 0 Å². The molecule has 0 aliphatic rings. The summed E-state index contributed by atoms with van der Waals surface area (Å²) in [6.07, 6.45) is -0.0524. The van der Waals surface area contributed by atoms with Gasteiger partial charge in [-0.2, -0.15) is 0 Å². The first kappa shape index (κ1) is 10.2. The topological polar surface area (TPSA) is 43.1 Å². The molecule has 1 atom stereocenters. The molecule has 1 aromatic carbocycles. The molecule has 1 aromatic rings. The van der Waals surface area contributed by atoms with Gasteiger partial charge in [0.15, 0.2) is 0 Å². The second kappa shape index (κ2) is 3.87. The van der Waals surface area contributed by atoms with Gasteiger partial charge in [0.2, 0.25) is 4.58 Å². The molecule has 0 heterocycles. The van der Waals surface area contributed by atoms with Crippen molar-refractivity contribution in [3.8, 4) is 0 Å². The van der Waals surface area contributed by atoms with Gasteiger partial charge < -0.3 is 5.73 Å². The maximum atomic E-state index is 13.3. The van der Waals surface area contributed by atoms with Crippen LogP contribution in [0.5, 0.6) is 0 Å². The minimum atomic E-state index is -2.14. The molecule has 0 spiro atoms. The monoisotopic (exact) mass is 245 g/mol. The third kappa shape index (κ3) is 2.81. The van der Waals surface area contributed by atoms with Gasteiger partial charge in [-0.25, -0.2) is 4.39 Å². The number of halogens is 2. The Labute approximate surface area is 84.1 Å². The molecule has 0 aliphatic carbocycles. The summed E-state index contributed by atoms with van der Waals surface area (Å²) in [6.45, 7) is 0. The lowest BCUT2D eigenvalue weighted by molar-refractivity contribution is -0.124. The summed E-state index contributed by atoms with van der Waals surface area (Å²) in [4.78, 5) is 10.6. The molecule has 1 rings (SSSR count). The van der Waals surface area contributed by atoms with Crippen molar-refractivity contribution >= 4 is 21.8 Å². The average Bonchev–Trinajstić information content (AvgIpc) is 2.05. The van der Waals surface area contributed by atoms with E-state index in [1.807, 2.05) is 6.07 Å². The van der Waals surface area contributed by atoms with Crippen LogP contribution in [0, 0.1) is 0 Å². The van der Waals surface area contributed by atoms with Crippen LogP contribution in [0.25, 0.3) is 0 Å². The summed E-state index contributed by atoms with van der Waals surface area (Å²) in [7, 11) is 0. The number of amides is 1. The van der Waals surface area contributed by atoms with Crippen LogP contribution in [0.15, 0.2) is 30.3 Å². The number of rotatable bonds is 3. The molecule has 0 aliphatic heterocycles. The maximum absolute atomic E-state index is 13.3. The maximum Gasteiger partial charge on any atom is 0.266 e. The number of hydrogen-bond acceptors (Lipinski definition) is 1. The fraction of sp³-hybridized carbons (Fsp3) is 0.222. The van der Waals surface area contributed by atoms with Crippen molar-refractivity contribution in [2.45, 2.75) is 11.0 Å². The minimum Gasteiger partial charge on any atom is -0.366 e. The summed E-state index contributed by atoms with van der Waals surface area (Å²) in [5.41, 5.74) is 5.58. The number of hydrogen-bond donors (Lipinski definition) is 1.